The number of fused-ring (bicyclic) bond motifs is 3. The third kappa shape index (κ3) is 3.01. The van der Waals surface area contributed by atoms with E-state index in [0.717, 1.165) is 31.4 Å². The summed E-state index contributed by atoms with van der Waals surface area (Å²) in [7, 11) is 0. The summed E-state index contributed by atoms with van der Waals surface area (Å²) in [5.41, 5.74) is 1.64. The minimum Gasteiger partial charge on any atom is -0.463 e. The van der Waals surface area contributed by atoms with E-state index in [4.69, 9.17) is 4.42 Å². The molecule has 8 nitrogen and oxygen atoms in total. The highest BCUT2D eigenvalue weighted by atomic mass is 16.3. The molecule has 0 saturated carbocycles. The van der Waals surface area contributed by atoms with Crippen LogP contribution in [0, 0.1) is 6.92 Å². The van der Waals surface area contributed by atoms with Crippen LogP contribution in [0.4, 0.5) is 0 Å². The lowest BCUT2D eigenvalue weighted by Crippen LogP contribution is -2.44. The molecule has 28 heavy (non-hydrogen) atoms. The van der Waals surface area contributed by atoms with E-state index in [2.05, 4.69) is 22.2 Å². The number of rotatable bonds is 6. The van der Waals surface area contributed by atoms with Gasteiger partial charge in [-0.3, -0.25) is 18.9 Å². The fraction of sp³-hybridized carbons (Fsp3) is 0.550. The van der Waals surface area contributed by atoms with Gasteiger partial charge in [-0.1, -0.05) is 13.8 Å². The molecule has 3 aromatic heterocycles. The zero-order valence-electron chi connectivity index (χ0n) is 16.6. The van der Waals surface area contributed by atoms with Crippen LogP contribution in [0.15, 0.2) is 27.6 Å². The quantitative estimate of drug-likeness (QED) is 0.702. The first-order valence-corrected chi connectivity index (χ1v) is 10.0. The van der Waals surface area contributed by atoms with Gasteiger partial charge in [-0.05, 0) is 39.3 Å². The van der Waals surface area contributed by atoms with Crippen molar-refractivity contribution in [3.05, 3.63) is 34.6 Å². The first kappa shape index (κ1) is 18.7. The summed E-state index contributed by atoms with van der Waals surface area (Å²) in [6.45, 7) is 8.55. The summed E-state index contributed by atoms with van der Waals surface area (Å²) in [5, 5.41) is 7.51. The number of aryl methyl sites for hydroxylation is 1. The highest BCUT2D eigenvalue weighted by Crippen LogP contribution is 2.21. The number of hydrogen-bond donors (Lipinski definition) is 1. The first-order chi connectivity index (χ1) is 13.5. The number of likely N-dealkylation sites (N-methyl/N-ethyl adjacent to an activating group) is 1. The second-order valence-corrected chi connectivity index (χ2v) is 7.43. The molecule has 1 amide bonds. The lowest BCUT2D eigenvalue weighted by Gasteiger charge is -2.24. The summed E-state index contributed by atoms with van der Waals surface area (Å²) in [4.78, 5) is 28.3. The Morgan fingerprint density at radius 3 is 2.96 bits per heavy atom. The van der Waals surface area contributed by atoms with Crippen LogP contribution in [0.1, 0.15) is 45.0 Å². The van der Waals surface area contributed by atoms with E-state index in [9.17, 15) is 9.59 Å². The molecule has 2 atom stereocenters. The van der Waals surface area contributed by atoms with Gasteiger partial charge < -0.3 is 9.73 Å². The highest BCUT2D eigenvalue weighted by Gasteiger charge is 2.27. The third-order valence-electron chi connectivity index (χ3n) is 5.83. The van der Waals surface area contributed by atoms with E-state index >= 15 is 0 Å². The number of nitrogens with one attached hydrogen (secondary N) is 1. The molecule has 8 heteroatoms. The standard InChI is InChI=1S/C20H27N5O3/c1-4-15(19(26)21-12-14-7-6-9-23(14)5-2)25-20(27)17-11-18-16(8-10-28-18)24(17)13(3)22-25/h8,10-11,14-15H,4-7,9,12H2,1-3H3,(H,21,26). The van der Waals surface area contributed by atoms with Crippen molar-refractivity contribution in [1.29, 1.82) is 0 Å². The molecule has 2 unspecified atom stereocenters. The Balaban J connectivity index is 1.62. The molecule has 0 spiro atoms. The molecule has 1 aliphatic heterocycles. The highest BCUT2D eigenvalue weighted by molar-refractivity contribution is 5.83. The number of furan rings is 1. The van der Waals surface area contributed by atoms with E-state index in [1.54, 1.807) is 16.7 Å². The summed E-state index contributed by atoms with van der Waals surface area (Å²) >= 11 is 0. The molecule has 1 aliphatic rings. The van der Waals surface area contributed by atoms with Gasteiger partial charge in [0.25, 0.3) is 5.56 Å². The average molecular weight is 385 g/mol. The Hall–Kier alpha value is -2.61. The van der Waals surface area contributed by atoms with Gasteiger partial charge in [0, 0.05) is 24.7 Å². The second kappa shape index (κ2) is 7.43. The Morgan fingerprint density at radius 2 is 2.21 bits per heavy atom. The van der Waals surface area contributed by atoms with Crippen molar-refractivity contribution >= 4 is 22.5 Å². The van der Waals surface area contributed by atoms with Crippen LogP contribution in [-0.2, 0) is 4.79 Å². The van der Waals surface area contributed by atoms with Crippen LogP contribution in [0.2, 0.25) is 0 Å². The summed E-state index contributed by atoms with van der Waals surface area (Å²) in [6.07, 6.45) is 4.34. The summed E-state index contributed by atoms with van der Waals surface area (Å²) in [6, 6.07) is 3.27. The van der Waals surface area contributed by atoms with Gasteiger partial charge in [0.2, 0.25) is 5.91 Å². The summed E-state index contributed by atoms with van der Waals surface area (Å²) < 4.78 is 8.52. The summed E-state index contributed by atoms with van der Waals surface area (Å²) in [5.74, 6) is 0.490. The number of carbonyl (C=O) groups excluding carboxylic acids is 1. The van der Waals surface area contributed by atoms with Crippen molar-refractivity contribution in [3.63, 3.8) is 0 Å². The van der Waals surface area contributed by atoms with Crippen LogP contribution >= 0.6 is 0 Å². The number of amides is 1. The number of nitrogens with zero attached hydrogens (tertiary/aromatic N) is 4. The van der Waals surface area contributed by atoms with Gasteiger partial charge in [0.15, 0.2) is 5.58 Å². The van der Waals surface area contributed by atoms with Crippen LogP contribution in [0.3, 0.4) is 0 Å². The lowest BCUT2D eigenvalue weighted by molar-refractivity contribution is -0.125. The fourth-order valence-electron chi connectivity index (χ4n) is 4.35. The Labute approximate surface area is 163 Å². The molecule has 0 aliphatic carbocycles. The maximum Gasteiger partial charge on any atom is 0.291 e. The van der Waals surface area contributed by atoms with Gasteiger partial charge in [-0.15, -0.1) is 0 Å². The zero-order valence-corrected chi connectivity index (χ0v) is 16.6. The van der Waals surface area contributed by atoms with E-state index in [1.165, 1.54) is 4.68 Å². The van der Waals surface area contributed by atoms with Crippen molar-refractivity contribution in [2.24, 2.45) is 0 Å². The molecule has 0 bridgehead atoms. The second-order valence-electron chi connectivity index (χ2n) is 7.43. The molecule has 150 valence electrons. The third-order valence-corrected chi connectivity index (χ3v) is 5.83. The fourth-order valence-corrected chi connectivity index (χ4v) is 4.35. The van der Waals surface area contributed by atoms with Crippen LogP contribution in [0.25, 0.3) is 16.6 Å². The van der Waals surface area contributed by atoms with Gasteiger partial charge in [-0.2, -0.15) is 5.10 Å². The number of likely N-dealkylation sites (tertiary alicyclic amines) is 1. The predicted octanol–water partition coefficient (Wildman–Crippen LogP) is 2.10. The largest absolute Gasteiger partial charge is 0.463 e. The topological polar surface area (TPSA) is 84.8 Å². The molecule has 1 fully saturated rings. The smallest absolute Gasteiger partial charge is 0.291 e. The van der Waals surface area contributed by atoms with Gasteiger partial charge in [0.05, 0.1) is 11.8 Å². The van der Waals surface area contributed by atoms with Gasteiger partial charge in [-0.25, -0.2) is 4.68 Å². The minimum absolute atomic E-state index is 0.154. The Bertz CT molecular complexity index is 1060. The van der Waals surface area contributed by atoms with Gasteiger partial charge >= 0.3 is 0 Å². The zero-order chi connectivity index (χ0) is 19.8. The van der Waals surface area contributed by atoms with Crippen LogP contribution < -0.4 is 10.9 Å². The van der Waals surface area contributed by atoms with E-state index in [-0.39, 0.29) is 11.5 Å². The molecule has 3 aromatic rings. The average Bonchev–Trinajstić information content (AvgIpc) is 3.39. The van der Waals surface area contributed by atoms with E-state index in [1.807, 2.05) is 19.9 Å². The van der Waals surface area contributed by atoms with E-state index in [0.29, 0.717) is 35.9 Å². The number of aromatic nitrogens is 3. The maximum atomic E-state index is 13.1. The molecule has 0 aromatic carbocycles. The number of carbonyl (C=O) groups is 1. The van der Waals surface area contributed by atoms with Crippen molar-refractivity contribution < 1.29 is 9.21 Å². The molecule has 0 radical (unpaired) electrons. The lowest BCUT2D eigenvalue weighted by atomic mass is 10.2. The monoisotopic (exact) mass is 385 g/mol. The molecule has 1 saturated heterocycles. The molecule has 4 rings (SSSR count). The number of hydrogen-bond acceptors (Lipinski definition) is 5. The maximum absolute atomic E-state index is 13.1. The SMILES string of the molecule is CCC(C(=O)NCC1CCCN1CC)n1nc(C)n2c(cc3occc32)c1=O. The molecular weight excluding hydrogens is 358 g/mol. The van der Waals surface area contributed by atoms with Crippen molar-refractivity contribution in [2.45, 2.75) is 52.1 Å². The van der Waals surface area contributed by atoms with Crippen LogP contribution in [0.5, 0.6) is 0 Å². The van der Waals surface area contributed by atoms with Crippen molar-refractivity contribution in [3.8, 4) is 0 Å². The molecule has 4 heterocycles. The van der Waals surface area contributed by atoms with E-state index < -0.39 is 6.04 Å². The van der Waals surface area contributed by atoms with Crippen molar-refractivity contribution in [1.82, 2.24) is 24.4 Å². The first-order valence-electron chi connectivity index (χ1n) is 10.0. The molecular formula is C20H27N5O3. The molecule has 1 N–H and O–H groups in total. The normalized spacial score (nSPS) is 18.9. The van der Waals surface area contributed by atoms with Crippen molar-refractivity contribution in [2.75, 3.05) is 19.6 Å². The Kier molecular flexibility index (Phi) is 4.97. The minimum atomic E-state index is -0.631. The van der Waals surface area contributed by atoms with Crippen LogP contribution in [-0.4, -0.2) is 50.7 Å². The van der Waals surface area contributed by atoms with Gasteiger partial charge in [0.1, 0.15) is 17.4 Å². The predicted molar refractivity (Wildman–Crippen MR) is 107 cm³/mol. The Morgan fingerprint density at radius 1 is 1.39 bits per heavy atom.